The highest BCUT2D eigenvalue weighted by Gasteiger charge is 2.24. The smallest absolute Gasteiger partial charge is 0.264 e. The average Bonchev–Trinajstić information content (AvgIpc) is 2.96. The number of ether oxygens (including phenoxy) is 1. The maximum Gasteiger partial charge on any atom is 0.264 e. The van der Waals surface area contributed by atoms with Crippen molar-refractivity contribution in [2.24, 2.45) is 4.99 Å². The summed E-state index contributed by atoms with van der Waals surface area (Å²) in [6, 6.07) is 12.2. The lowest BCUT2D eigenvalue weighted by Crippen LogP contribution is -2.19. The van der Waals surface area contributed by atoms with Crippen molar-refractivity contribution < 1.29 is 9.53 Å². The number of carbonyl (C=O) groups is 1. The normalized spacial score (nSPS) is 16.4. The maximum atomic E-state index is 12.3. The van der Waals surface area contributed by atoms with Gasteiger partial charge in [-0.2, -0.15) is 5.26 Å². The molecule has 0 spiro atoms. The van der Waals surface area contributed by atoms with Crippen molar-refractivity contribution in [3.05, 3.63) is 61.4 Å². The first-order valence-corrected chi connectivity index (χ1v) is 9.87. The Bertz CT molecular complexity index is 1020. The Morgan fingerprint density at radius 3 is 2.85 bits per heavy atom. The zero-order valence-electron chi connectivity index (χ0n) is 13.5. The molecular weight excluding hydrogens is 473 g/mol. The van der Waals surface area contributed by atoms with E-state index in [-0.39, 0.29) is 12.5 Å². The monoisotopic (exact) mass is 481 g/mol. The second-order valence-corrected chi connectivity index (χ2v) is 8.00. The molecule has 0 atom stereocenters. The van der Waals surface area contributed by atoms with Crippen LogP contribution in [0, 0.1) is 11.3 Å². The molecule has 1 aliphatic rings. The first-order chi connectivity index (χ1) is 13.0. The van der Waals surface area contributed by atoms with Crippen LogP contribution in [0.3, 0.4) is 0 Å². The van der Waals surface area contributed by atoms with Crippen molar-refractivity contribution in [2.45, 2.75) is 0 Å². The largest absolute Gasteiger partial charge is 0.478 e. The van der Waals surface area contributed by atoms with E-state index in [2.05, 4.69) is 26.2 Å². The minimum absolute atomic E-state index is 0.0844. The molecule has 5 nitrogen and oxygen atoms in total. The van der Waals surface area contributed by atoms with Crippen molar-refractivity contribution in [3.63, 3.8) is 0 Å². The summed E-state index contributed by atoms with van der Waals surface area (Å²) in [5, 5.41) is 12.7. The summed E-state index contributed by atoms with van der Waals surface area (Å²) in [6.07, 6.45) is 1.68. The molecule has 3 rings (SSSR count). The highest BCUT2D eigenvalue weighted by molar-refractivity contribution is 9.10. The van der Waals surface area contributed by atoms with Gasteiger partial charge in [0.15, 0.2) is 11.8 Å². The van der Waals surface area contributed by atoms with E-state index in [0.717, 1.165) is 4.47 Å². The summed E-state index contributed by atoms with van der Waals surface area (Å²) in [4.78, 5) is 17.1. The van der Waals surface area contributed by atoms with E-state index < -0.39 is 0 Å². The molecule has 0 bridgehead atoms. The number of rotatable bonds is 4. The molecule has 0 unspecified atom stereocenters. The number of hydrogen-bond acceptors (Lipinski definition) is 5. The number of amides is 1. The molecule has 1 heterocycles. The van der Waals surface area contributed by atoms with Gasteiger partial charge in [0, 0.05) is 15.1 Å². The van der Waals surface area contributed by atoms with Gasteiger partial charge in [-0.1, -0.05) is 39.1 Å². The Hall–Kier alpha value is -1.98. The molecule has 2 aromatic carbocycles. The van der Waals surface area contributed by atoms with Gasteiger partial charge in [0.25, 0.3) is 5.91 Å². The number of nitrogens with one attached hydrogen (secondary N) is 1. The second kappa shape index (κ2) is 8.81. The Kier molecular flexibility index (Phi) is 6.45. The van der Waals surface area contributed by atoms with Crippen LogP contribution in [-0.2, 0) is 4.79 Å². The van der Waals surface area contributed by atoms with Gasteiger partial charge in [0.2, 0.25) is 0 Å². The van der Waals surface area contributed by atoms with Crippen LogP contribution in [0.15, 0.2) is 50.8 Å². The third kappa shape index (κ3) is 5.05. The summed E-state index contributed by atoms with van der Waals surface area (Å²) in [5.74, 6) is 0.224. The Balaban J connectivity index is 1.89. The molecule has 0 aromatic heterocycles. The topological polar surface area (TPSA) is 74.5 Å². The average molecular weight is 483 g/mol. The van der Waals surface area contributed by atoms with Crippen LogP contribution in [0.4, 0.5) is 5.69 Å². The van der Waals surface area contributed by atoms with Gasteiger partial charge in [-0.05, 0) is 54.2 Å². The fourth-order valence-corrected chi connectivity index (χ4v) is 3.83. The quantitative estimate of drug-likeness (QED) is 0.579. The number of carbonyl (C=O) groups excluding carboxylic acids is 1. The SMILES string of the molecule is N#CCOc1ccc(Br)cc1/C=C1\SC(=Nc2ccc(Cl)cc2Cl)NC1=O. The molecule has 136 valence electrons. The molecule has 1 fully saturated rings. The molecule has 0 saturated carbocycles. The van der Waals surface area contributed by atoms with Gasteiger partial charge < -0.3 is 10.1 Å². The van der Waals surface area contributed by atoms with Crippen LogP contribution in [0.1, 0.15) is 5.56 Å². The molecule has 9 heteroatoms. The van der Waals surface area contributed by atoms with Crippen molar-refractivity contribution in [3.8, 4) is 11.8 Å². The van der Waals surface area contributed by atoms with Crippen molar-refractivity contribution in [1.82, 2.24) is 5.32 Å². The summed E-state index contributed by atoms with van der Waals surface area (Å²) in [7, 11) is 0. The lowest BCUT2D eigenvalue weighted by atomic mass is 10.2. The number of thioether (sulfide) groups is 1. The standard InChI is InChI=1S/C18H10BrCl2N3O2S/c19-11-1-4-15(26-6-5-22)10(7-11)8-16-17(25)24-18(27-16)23-14-3-2-12(20)9-13(14)21/h1-4,7-9H,6H2,(H,23,24,25)/b16-8-. The van der Waals surface area contributed by atoms with Crippen LogP contribution in [0.2, 0.25) is 10.0 Å². The van der Waals surface area contributed by atoms with Crippen LogP contribution >= 0.6 is 50.9 Å². The number of aliphatic imine (C=N–C) groups is 1. The summed E-state index contributed by atoms with van der Waals surface area (Å²) in [5.41, 5.74) is 1.17. The van der Waals surface area contributed by atoms with Gasteiger partial charge in [0.05, 0.1) is 15.6 Å². The fourth-order valence-electron chi connectivity index (χ4n) is 2.18. The van der Waals surface area contributed by atoms with E-state index in [1.165, 1.54) is 11.8 Å². The lowest BCUT2D eigenvalue weighted by Gasteiger charge is -2.07. The summed E-state index contributed by atoms with van der Waals surface area (Å²) >= 11 is 16.6. The molecule has 1 saturated heterocycles. The molecule has 1 N–H and O–H groups in total. The van der Waals surface area contributed by atoms with E-state index in [9.17, 15) is 4.79 Å². The van der Waals surface area contributed by atoms with Gasteiger partial charge in [-0.3, -0.25) is 4.79 Å². The third-order valence-corrected chi connectivity index (χ3v) is 5.27. The predicted octanol–water partition coefficient (Wildman–Crippen LogP) is 5.55. The van der Waals surface area contributed by atoms with Crippen molar-refractivity contribution in [2.75, 3.05) is 6.61 Å². The van der Waals surface area contributed by atoms with Crippen molar-refractivity contribution >= 4 is 73.7 Å². The minimum atomic E-state index is -0.282. The number of nitrogens with zero attached hydrogens (tertiary/aromatic N) is 2. The number of benzene rings is 2. The number of hydrogen-bond donors (Lipinski definition) is 1. The predicted molar refractivity (Wildman–Crippen MR) is 113 cm³/mol. The first-order valence-electron chi connectivity index (χ1n) is 7.50. The zero-order chi connectivity index (χ0) is 19.4. The van der Waals surface area contributed by atoms with E-state index >= 15 is 0 Å². The van der Waals surface area contributed by atoms with Gasteiger partial charge in [0.1, 0.15) is 11.8 Å². The molecule has 1 amide bonds. The van der Waals surface area contributed by atoms with E-state index in [1.807, 2.05) is 6.07 Å². The summed E-state index contributed by atoms with van der Waals surface area (Å²) in [6.45, 7) is -0.0844. The molecular formula is C18H10BrCl2N3O2S. The van der Waals surface area contributed by atoms with Crippen LogP contribution in [-0.4, -0.2) is 17.7 Å². The van der Waals surface area contributed by atoms with Gasteiger partial charge in [-0.15, -0.1) is 0 Å². The molecule has 1 aliphatic heterocycles. The first kappa shape index (κ1) is 19.8. The molecule has 27 heavy (non-hydrogen) atoms. The molecule has 2 aromatic rings. The van der Waals surface area contributed by atoms with Gasteiger partial charge in [-0.25, -0.2) is 4.99 Å². The third-order valence-electron chi connectivity index (χ3n) is 3.33. The Morgan fingerprint density at radius 2 is 2.11 bits per heavy atom. The minimum Gasteiger partial charge on any atom is -0.478 e. The highest BCUT2D eigenvalue weighted by atomic mass is 79.9. The highest BCUT2D eigenvalue weighted by Crippen LogP contribution is 2.34. The second-order valence-electron chi connectivity index (χ2n) is 5.21. The molecule has 0 aliphatic carbocycles. The fraction of sp³-hybridized carbons (Fsp3) is 0.0556. The van der Waals surface area contributed by atoms with E-state index in [1.54, 1.807) is 42.5 Å². The number of nitriles is 1. The summed E-state index contributed by atoms with van der Waals surface area (Å²) < 4.78 is 6.23. The zero-order valence-corrected chi connectivity index (χ0v) is 17.4. The Labute approximate surface area is 178 Å². The van der Waals surface area contributed by atoms with Crippen LogP contribution in [0.5, 0.6) is 5.75 Å². The molecule has 0 radical (unpaired) electrons. The number of amidine groups is 1. The Morgan fingerprint density at radius 1 is 1.30 bits per heavy atom. The van der Waals surface area contributed by atoms with E-state index in [4.69, 9.17) is 33.2 Å². The number of halogens is 3. The van der Waals surface area contributed by atoms with Gasteiger partial charge >= 0.3 is 0 Å². The maximum absolute atomic E-state index is 12.3. The van der Waals surface area contributed by atoms with Crippen molar-refractivity contribution in [1.29, 1.82) is 5.26 Å². The van der Waals surface area contributed by atoms with Crippen LogP contribution in [0.25, 0.3) is 6.08 Å². The van der Waals surface area contributed by atoms with E-state index in [0.29, 0.717) is 37.1 Å². The van der Waals surface area contributed by atoms with Crippen LogP contribution < -0.4 is 10.1 Å². The lowest BCUT2D eigenvalue weighted by molar-refractivity contribution is -0.115.